The fourth-order valence-electron chi connectivity index (χ4n) is 3.24. The van der Waals surface area contributed by atoms with Gasteiger partial charge in [-0.2, -0.15) is 0 Å². The minimum atomic E-state index is 0.334. The van der Waals surface area contributed by atoms with Crippen LogP contribution in [0.1, 0.15) is 55.8 Å². The van der Waals surface area contributed by atoms with Gasteiger partial charge < -0.3 is 10.3 Å². The Morgan fingerprint density at radius 2 is 2.00 bits per heavy atom. The second-order valence-electron chi connectivity index (χ2n) is 5.36. The summed E-state index contributed by atoms with van der Waals surface area (Å²) in [5, 5.41) is 0. The normalized spacial score (nSPS) is 26.7. The maximum absolute atomic E-state index is 5.99. The summed E-state index contributed by atoms with van der Waals surface area (Å²) in [7, 11) is 0. The molecule has 88 valence electrons. The molecule has 1 aliphatic heterocycles. The molecule has 0 aromatic carbocycles. The van der Waals surface area contributed by atoms with Crippen LogP contribution in [0.15, 0.2) is 6.33 Å². The zero-order valence-corrected chi connectivity index (χ0v) is 9.86. The van der Waals surface area contributed by atoms with Gasteiger partial charge in [0.25, 0.3) is 0 Å². The topological polar surface area (TPSA) is 43.8 Å². The number of hydrogen-bond donors (Lipinski definition) is 1. The molecule has 2 heterocycles. The predicted octanol–water partition coefficient (Wildman–Crippen LogP) is 2.20. The molecule has 3 rings (SSSR count). The first kappa shape index (κ1) is 10.3. The molecule has 3 heteroatoms. The third-order valence-corrected chi connectivity index (χ3v) is 4.15. The van der Waals surface area contributed by atoms with Crippen LogP contribution in [-0.2, 0) is 13.0 Å². The zero-order valence-electron chi connectivity index (χ0n) is 9.86. The third kappa shape index (κ3) is 1.77. The minimum Gasteiger partial charge on any atom is -0.333 e. The van der Waals surface area contributed by atoms with E-state index in [1.807, 2.05) is 6.33 Å². The highest BCUT2D eigenvalue weighted by Gasteiger charge is 2.25. The van der Waals surface area contributed by atoms with E-state index in [4.69, 9.17) is 5.73 Å². The lowest BCUT2D eigenvalue weighted by Gasteiger charge is -2.25. The number of nitrogens with two attached hydrogens (primary N) is 1. The Bertz CT molecular complexity index is 363. The first-order valence-corrected chi connectivity index (χ1v) is 6.64. The van der Waals surface area contributed by atoms with Gasteiger partial charge in [0, 0.05) is 24.2 Å². The van der Waals surface area contributed by atoms with Gasteiger partial charge in [-0.1, -0.05) is 19.3 Å². The molecule has 1 aromatic rings. The van der Waals surface area contributed by atoms with E-state index in [0.717, 1.165) is 25.3 Å². The quantitative estimate of drug-likeness (QED) is 0.787. The van der Waals surface area contributed by atoms with Crippen molar-refractivity contribution >= 4 is 0 Å². The second kappa shape index (κ2) is 4.21. The van der Waals surface area contributed by atoms with Crippen molar-refractivity contribution in [2.75, 3.05) is 0 Å². The van der Waals surface area contributed by atoms with Gasteiger partial charge in [0.15, 0.2) is 0 Å². The Morgan fingerprint density at radius 1 is 1.19 bits per heavy atom. The van der Waals surface area contributed by atoms with Crippen LogP contribution < -0.4 is 5.73 Å². The van der Waals surface area contributed by atoms with Crippen LogP contribution in [0.4, 0.5) is 0 Å². The van der Waals surface area contributed by atoms with Crippen molar-refractivity contribution < 1.29 is 0 Å². The molecular weight excluding hydrogens is 198 g/mol. The lowest BCUT2D eigenvalue weighted by Crippen LogP contribution is -2.31. The van der Waals surface area contributed by atoms with Crippen molar-refractivity contribution in [2.24, 2.45) is 5.73 Å². The van der Waals surface area contributed by atoms with E-state index in [1.165, 1.54) is 43.5 Å². The standard InChI is InChI=1S/C13H21N3/c14-11-6-7-12-13(15-9-16(12)8-11)10-4-2-1-3-5-10/h9-11H,1-8,14H2. The summed E-state index contributed by atoms with van der Waals surface area (Å²) in [4.78, 5) is 4.66. The molecule has 16 heavy (non-hydrogen) atoms. The average Bonchev–Trinajstić information content (AvgIpc) is 2.73. The molecule has 0 amide bonds. The molecule has 0 spiro atoms. The smallest absolute Gasteiger partial charge is 0.0952 e. The van der Waals surface area contributed by atoms with E-state index in [9.17, 15) is 0 Å². The van der Waals surface area contributed by atoms with Gasteiger partial charge in [-0.05, 0) is 25.7 Å². The Kier molecular flexibility index (Phi) is 2.72. The van der Waals surface area contributed by atoms with Crippen LogP contribution in [-0.4, -0.2) is 15.6 Å². The van der Waals surface area contributed by atoms with Crippen LogP contribution in [0.2, 0.25) is 0 Å². The summed E-state index contributed by atoms with van der Waals surface area (Å²) in [5.41, 5.74) is 8.86. The van der Waals surface area contributed by atoms with E-state index in [-0.39, 0.29) is 0 Å². The third-order valence-electron chi connectivity index (χ3n) is 4.15. The zero-order chi connectivity index (χ0) is 11.0. The molecule has 2 N–H and O–H groups in total. The molecule has 0 radical (unpaired) electrons. The van der Waals surface area contributed by atoms with Gasteiger partial charge in [-0.25, -0.2) is 4.98 Å². The van der Waals surface area contributed by atoms with Crippen molar-refractivity contribution in [1.82, 2.24) is 9.55 Å². The predicted molar refractivity (Wildman–Crippen MR) is 64.3 cm³/mol. The Morgan fingerprint density at radius 3 is 2.81 bits per heavy atom. The lowest BCUT2D eigenvalue weighted by molar-refractivity contribution is 0.422. The molecule has 3 nitrogen and oxygen atoms in total. The van der Waals surface area contributed by atoms with Crippen molar-refractivity contribution in [2.45, 2.75) is 63.5 Å². The molecule has 1 atom stereocenters. The van der Waals surface area contributed by atoms with Gasteiger partial charge in [-0.15, -0.1) is 0 Å². The van der Waals surface area contributed by atoms with Gasteiger partial charge in [-0.3, -0.25) is 0 Å². The van der Waals surface area contributed by atoms with E-state index < -0.39 is 0 Å². The maximum Gasteiger partial charge on any atom is 0.0952 e. The molecule has 1 unspecified atom stereocenters. The average molecular weight is 219 g/mol. The number of imidazole rings is 1. The minimum absolute atomic E-state index is 0.334. The van der Waals surface area contributed by atoms with E-state index in [1.54, 1.807) is 0 Å². The van der Waals surface area contributed by atoms with Crippen LogP contribution in [0.25, 0.3) is 0 Å². The summed E-state index contributed by atoms with van der Waals surface area (Å²) in [5.74, 6) is 0.735. The van der Waals surface area contributed by atoms with Gasteiger partial charge in [0.1, 0.15) is 0 Å². The number of fused-ring (bicyclic) bond motifs is 1. The monoisotopic (exact) mass is 219 g/mol. The molecule has 1 saturated carbocycles. The molecule has 2 aliphatic rings. The first-order valence-electron chi connectivity index (χ1n) is 6.64. The maximum atomic E-state index is 5.99. The van der Waals surface area contributed by atoms with Crippen LogP contribution in [0.3, 0.4) is 0 Å². The highest BCUT2D eigenvalue weighted by atomic mass is 15.1. The summed E-state index contributed by atoms with van der Waals surface area (Å²) >= 11 is 0. The van der Waals surface area contributed by atoms with Crippen molar-refractivity contribution in [3.8, 4) is 0 Å². The van der Waals surface area contributed by atoms with Crippen molar-refractivity contribution in [1.29, 1.82) is 0 Å². The van der Waals surface area contributed by atoms with Crippen molar-refractivity contribution in [3.63, 3.8) is 0 Å². The summed E-state index contributed by atoms with van der Waals surface area (Å²) < 4.78 is 2.29. The Balaban J connectivity index is 1.85. The second-order valence-corrected chi connectivity index (χ2v) is 5.36. The largest absolute Gasteiger partial charge is 0.333 e. The molecule has 0 saturated heterocycles. The van der Waals surface area contributed by atoms with Crippen LogP contribution >= 0.6 is 0 Å². The van der Waals surface area contributed by atoms with Gasteiger partial charge >= 0.3 is 0 Å². The SMILES string of the molecule is NC1CCc2c(C3CCCCC3)ncn2C1. The van der Waals surface area contributed by atoms with E-state index >= 15 is 0 Å². The molecule has 1 aromatic heterocycles. The van der Waals surface area contributed by atoms with E-state index in [2.05, 4.69) is 9.55 Å². The first-order chi connectivity index (χ1) is 7.84. The number of nitrogens with zero attached hydrogens (tertiary/aromatic N) is 2. The Hall–Kier alpha value is -0.830. The summed E-state index contributed by atoms with van der Waals surface area (Å²) in [6.07, 6.45) is 11.1. The molecule has 1 fully saturated rings. The van der Waals surface area contributed by atoms with Crippen LogP contribution in [0, 0.1) is 0 Å². The number of hydrogen-bond acceptors (Lipinski definition) is 2. The fraction of sp³-hybridized carbons (Fsp3) is 0.769. The van der Waals surface area contributed by atoms with E-state index in [0.29, 0.717) is 6.04 Å². The number of aromatic nitrogens is 2. The Labute approximate surface area is 97.0 Å². The van der Waals surface area contributed by atoms with Crippen LogP contribution in [0.5, 0.6) is 0 Å². The fourth-order valence-corrected chi connectivity index (χ4v) is 3.24. The summed E-state index contributed by atoms with van der Waals surface area (Å²) in [6, 6.07) is 0.334. The molecular formula is C13H21N3. The highest BCUT2D eigenvalue weighted by molar-refractivity contribution is 5.20. The lowest BCUT2D eigenvalue weighted by atomic mass is 9.85. The highest BCUT2D eigenvalue weighted by Crippen LogP contribution is 2.34. The van der Waals surface area contributed by atoms with Crippen molar-refractivity contribution in [3.05, 3.63) is 17.7 Å². The number of rotatable bonds is 1. The molecule has 0 bridgehead atoms. The molecule has 1 aliphatic carbocycles. The summed E-state index contributed by atoms with van der Waals surface area (Å²) in [6.45, 7) is 0.967. The van der Waals surface area contributed by atoms with Gasteiger partial charge in [0.05, 0.1) is 12.0 Å². The van der Waals surface area contributed by atoms with Gasteiger partial charge in [0.2, 0.25) is 0 Å².